The van der Waals surface area contributed by atoms with Gasteiger partial charge in [-0.05, 0) is 47.5 Å². The molecule has 218 valence electrons. The molecule has 0 aliphatic carbocycles. The maximum Gasteiger partial charge on any atom is 0.345 e. The van der Waals surface area contributed by atoms with Crippen LogP contribution in [0.15, 0.2) is 127 Å². The number of benzene rings is 4. The first-order valence-corrected chi connectivity index (χ1v) is 15.7. The molecule has 0 saturated heterocycles. The highest BCUT2D eigenvalue weighted by molar-refractivity contribution is 9.10. The topological polar surface area (TPSA) is 77.2 Å². The predicted molar refractivity (Wildman–Crippen MR) is 178 cm³/mol. The van der Waals surface area contributed by atoms with Crippen LogP contribution >= 0.6 is 27.3 Å². The molecule has 1 aliphatic heterocycles. The van der Waals surface area contributed by atoms with Crippen molar-refractivity contribution in [3.8, 4) is 22.8 Å². The summed E-state index contributed by atoms with van der Waals surface area (Å²) in [4.78, 5) is 18.1. The van der Waals surface area contributed by atoms with Crippen LogP contribution in [0.1, 0.15) is 29.2 Å². The Morgan fingerprint density at radius 2 is 1.75 bits per heavy atom. The van der Waals surface area contributed by atoms with Gasteiger partial charge >= 0.3 is 5.63 Å². The van der Waals surface area contributed by atoms with Crippen molar-refractivity contribution in [3.63, 3.8) is 0 Å². The van der Waals surface area contributed by atoms with Crippen molar-refractivity contribution < 1.29 is 13.9 Å². The van der Waals surface area contributed by atoms with E-state index in [1.807, 2.05) is 107 Å². The van der Waals surface area contributed by atoms with Crippen molar-refractivity contribution in [3.05, 3.63) is 140 Å². The monoisotopic (exact) mass is 663 g/mol. The Hall–Kier alpha value is -4.73. The van der Waals surface area contributed by atoms with E-state index >= 15 is 0 Å². The van der Waals surface area contributed by atoms with Gasteiger partial charge in [-0.2, -0.15) is 5.10 Å². The number of thiazole rings is 1. The number of nitrogens with zero attached hydrogens (tertiary/aromatic N) is 3. The van der Waals surface area contributed by atoms with Gasteiger partial charge in [0.2, 0.25) is 5.13 Å². The van der Waals surface area contributed by atoms with E-state index in [-0.39, 0.29) is 6.04 Å². The van der Waals surface area contributed by atoms with Crippen LogP contribution in [-0.2, 0) is 6.61 Å². The molecule has 2 aromatic heterocycles. The second-order valence-corrected chi connectivity index (χ2v) is 12.1. The lowest BCUT2D eigenvalue weighted by molar-refractivity contribution is 0.284. The fraction of sp³-hybridized carbons (Fsp3) is 0.114. The van der Waals surface area contributed by atoms with E-state index in [0.717, 1.165) is 37.4 Å². The molecule has 7 nitrogen and oxygen atoms in total. The van der Waals surface area contributed by atoms with E-state index in [4.69, 9.17) is 24.0 Å². The van der Waals surface area contributed by atoms with Gasteiger partial charge in [0.05, 0.1) is 30.1 Å². The summed E-state index contributed by atoms with van der Waals surface area (Å²) in [5.41, 5.74) is 5.09. The lowest BCUT2D eigenvalue weighted by Crippen LogP contribution is -2.18. The van der Waals surface area contributed by atoms with E-state index in [1.165, 1.54) is 11.3 Å². The zero-order valence-corrected chi connectivity index (χ0v) is 26.0. The standard InChI is InChI=1S/C35H26BrN3O4S/c1-41-33-18-24(13-16-32(33)42-20-22-7-3-2-4-8-22)30-19-28(27-17-25-9-5-6-10-31(25)43-34(27)40)38-39(30)35-37-29(21-44-35)23-11-14-26(36)15-12-23/h2-18,21,30H,19-20H2,1H3. The quantitative estimate of drug-likeness (QED) is 0.152. The van der Waals surface area contributed by atoms with Crippen molar-refractivity contribution in [2.24, 2.45) is 5.10 Å². The molecule has 7 rings (SSSR count). The molecule has 6 aromatic rings. The second kappa shape index (κ2) is 12.1. The average molecular weight is 665 g/mol. The summed E-state index contributed by atoms with van der Waals surface area (Å²) < 4.78 is 18.5. The maximum atomic E-state index is 13.1. The molecule has 0 saturated carbocycles. The van der Waals surface area contributed by atoms with Gasteiger partial charge in [-0.25, -0.2) is 14.8 Å². The van der Waals surface area contributed by atoms with Crippen LogP contribution in [0.5, 0.6) is 11.5 Å². The molecule has 1 unspecified atom stereocenters. The molecule has 3 heterocycles. The van der Waals surface area contributed by atoms with Crippen LogP contribution in [0, 0.1) is 0 Å². The summed E-state index contributed by atoms with van der Waals surface area (Å²) in [5, 5.41) is 10.5. The van der Waals surface area contributed by atoms with Gasteiger partial charge in [0.1, 0.15) is 12.2 Å². The maximum absolute atomic E-state index is 13.1. The van der Waals surface area contributed by atoms with Crippen LogP contribution in [0.2, 0.25) is 0 Å². The predicted octanol–water partition coefficient (Wildman–Crippen LogP) is 8.62. The molecule has 1 atom stereocenters. The minimum atomic E-state index is -0.417. The van der Waals surface area contributed by atoms with Gasteiger partial charge in [-0.15, -0.1) is 11.3 Å². The summed E-state index contributed by atoms with van der Waals surface area (Å²) in [6, 6.07) is 33.1. The minimum Gasteiger partial charge on any atom is -0.493 e. The Labute approximate surface area is 266 Å². The fourth-order valence-corrected chi connectivity index (χ4v) is 6.34. The van der Waals surface area contributed by atoms with Gasteiger partial charge in [0.25, 0.3) is 0 Å². The Kier molecular flexibility index (Phi) is 7.72. The van der Waals surface area contributed by atoms with Crippen molar-refractivity contribution in [2.45, 2.75) is 19.1 Å². The fourth-order valence-electron chi connectivity index (χ4n) is 5.24. The first-order chi connectivity index (χ1) is 21.6. The number of halogens is 1. The molecular weight excluding hydrogens is 638 g/mol. The number of fused-ring (bicyclic) bond motifs is 1. The first kappa shape index (κ1) is 28.1. The Morgan fingerprint density at radius 3 is 2.57 bits per heavy atom. The molecule has 0 radical (unpaired) electrons. The van der Waals surface area contributed by atoms with Gasteiger partial charge in [0, 0.05) is 27.2 Å². The third-order valence-corrected chi connectivity index (χ3v) is 8.86. The highest BCUT2D eigenvalue weighted by atomic mass is 79.9. The average Bonchev–Trinajstić information content (AvgIpc) is 3.72. The number of anilines is 1. The number of methoxy groups -OCH3 is 1. The van der Waals surface area contributed by atoms with E-state index in [9.17, 15) is 4.79 Å². The molecule has 0 N–H and O–H groups in total. The largest absolute Gasteiger partial charge is 0.493 e. The number of ether oxygens (including phenoxy) is 2. The molecule has 4 aromatic carbocycles. The highest BCUT2D eigenvalue weighted by Gasteiger charge is 2.34. The van der Waals surface area contributed by atoms with Crippen molar-refractivity contribution in [1.29, 1.82) is 0 Å². The number of para-hydroxylation sites is 1. The molecule has 0 amide bonds. The van der Waals surface area contributed by atoms with E-state index in [0.29, 0.717) is 41.4 Å². The van der Waals surface area contributed by atoms with Crippen LogP contribution in [0.3, 0.4) is 0 Å². The van der Waals surface area contributed by atoms with Gasteiger partial charge in [-0.3, -0.25) is 0 Å². The van der Waals surface area contributed by atoms with Gasteiger partial charge < -0.3 is 13.9 Å². The van der Waals surface area contributed by atoms with E-state index in [2.05, 4.69) is 15.9 Å². The van der Waals surface area contributed by atoms with E-state index < -0.39 is 5.63 Å². The molecule has 0 spiro atoms. The zero-order valence-electron chi connectivity index (χ0n) is 23.6. The van der Waals surface area contributed by atoms with Gasteiger partial charge in [0.15, 0.2) is 11.5 Å². The normalized spacial score (nSPS) is 14.5. The first-order valence-electron chi connectivity index (χ1n) is 14.0. The lowest BCUT2D eigenvalue weighted by atomic mass is 9.98. The second-order valence-electron chi connectivity index (χ2n) is 10.3. The smallest absolute Gasteiger partial charge is 0.345 e. The number of rotatable bonds is 8. The van der Waals surface area contributed by atoms with Crippen molar-refractivity contribution >= 4 is 49.1 Å². The Balaban J connectivity index is 1.25. The van der Waals surface area contributed by atoms with Crippen molar-refractivity contribution in [1.82, 2.24) is 4.98 Å². The van der Waals surface area contributed by atoms with Crippen molar-refractivity contribution in [2.75, 3.05) is 12.1 Å². The summed E-state index contributed by atoms with van der Waals surface area (Å²) in [5.74, 6) is 1.26. The summed E-state index contributed by atoms with van der Waals surface area (Å²) >= 11 is 5.01. The third-order valence-electron chi connectivity index (χ3n) is 7.50. The molecule has 9 heteroatoms. The number of hydrogen-bond acceptors (Lipinski definition) is 8. The SMILES string of the molecule is COc1cc(C2CC(c3cc4ccccc4oc3=O)=NN2c2nc(-c3ccc(Br)cc3)cs2)ccc1OCc1ccccc1. The third kappa shape index (κ3) is 5.64. The summed E-state index contributed by atoms with van der Waals surface area (Å²) in [6.07, 6.45) is 0.476. The Morgan fingerprint density at radius 1 is 0.955 bits per heavy atom. The summed E-state index contributed by atoms with van der Waals surface area (Å²) in [6.45, 7) is 0.426. The number of hydrazone groups is 1. The molecule has 44 heavy (non-hydrogen) atoms. The molecule has 0 bridgehead atoms. The number of aromatic nitrogens is 1. The molecule has 1 aliphatic rings. The zero-order chi connectivity index (χ0) is 30.0. The van der Waals surface area contributed by atoms with E-state index in [1.54, 1.807) is 13.2 Å². The molecule has 0 fully saturated rings. The van der Waals surface area contributed by atoms with Crippen LogP contribution in [0.25, 0.3) is 22.2 Å². The van der Waals surface area contributed by atoms with Crippen LogP contribution < -0.4 is 20.1 Å². The molecular formula is C35H26BrN3O4S. The number of hydrogen-bond donors (Lipinski definition) is 0. The summed E-state index contributed by atoms with van der Waals surface area (Å²) in [7, 11) is 1.63. The lowest BCUT2D eigenvalue weighted by Gasteiger charge is -2.22. The Bertz CT molecular complexity index is 2040. The van der Waals surface area contributed by atoms with Crippen LogP contribution in [0.4, 0.5) is 5.13 Å². The highest BCUT2D eigenvalue weighted by Crippen LogP contribution is 2.42. The minimum absolute atomic E-state index is 0.239. The van der Waals surface area contributed by atoms with Gasteiger partial charge in [-0.1, -0.05) is 82.7 Å². The van der Waals surface area contributed by atoms with Crippen LogP contribution in [-0.4, -0.2) is 17.8 Å².